The van der Waals surface area contributed by atoms with Gasteiger partial charge in [-0.2, -0.15) is 10.1 Å². The van der Waals surface area contributed by atoms with Gasteiger partial charge >= 0.3 is 0 Å². The van der Waals surface area contributed by atoms with E-state index in [1.54, 1.807) is 30.0 Å². The van der Waals surface area contributed by atoms with Crippen LogP contribution in [0.1, 0.15) is 23.6 Å². The Morgan fingerprint density at radius 1 is 1.29 bits per heavy atom. The van der Waals surface area contributed by atoms with Gasteiger partial charge in [-0.05, 0) is 35.4 Å². The van der Waals surface area contributed by atoms with Gasteiger partial charge in [-0.15, -0.1) is 0 Å². The number of rotatable bonds is 5. The number of hydrogen-bond donors (Lipinski definition) is 1. The zero-order chi connectivity index (χ0) is 19.7. The highest BCUT2D eigenvalue weighted by molar-refractivity contribution is 9.10. The van der Waals surface area contributed by atoms with Gasteiger partial charge in [-0.1, -0.05) is 28.1 Å². The Balaban J connectivity index is 1.63. The molecule has 0 radical (unpaired) electrons. The first-order valence-electron chi connectivity index (χ1n) is 8.49. The second-order valence-electron chi connectivity index (χ2n) is 6.24. The van der Waals surface area contributed by atoms with Crippen LogP contribution in [0.5, 0.6) is 11.5 Å². The lowest BCUT2D eigenvalue weighted by molar-refractivity contribution is -0.117. The molecule has 2 heterocycles. The summed E-state index contributed by atoms with van der Waals surface area (Å²) in [5.41, 5.74) is 1.66. The Morgan fingerprint density at radius 2 is 2.07 bits per heavy atom. The normalized spacial score (nSPS) is 15.7. The maximum Gasteiger partial charge on any atom is 0.229 e. The number of aromatic nitrogens is 3. The van der Waals surface area contributed by atoms with Crippen molar-refractivity contribution in [3.05, 3.63) is 64.1 Å². The minimum Gasteiger partial charge on any atom is -0.493 e. The van der Waals surface area contributed by atoms with Crippen LogP contribution >= 0.6 is 15.9 Å². The smallest absolute Gasteiger partial charge is 0.229 e. The highest BCUT2D eigenvalue weighted by Crippen LogP contribution is 2.40. The fourth-order valence-electron chi connectivity index (χ4n) is 3.07. The Hall–Kier alpha value is -2.94. The van der Waals surface area contributed by atoms with Crippen molar-refractivity contribution < 1.29 is 18.7 Å². The molecule has 0 fully saturated rings. The highest BCUT2D eigenvalue weighted by atomic mass is 79.9. The first-order valence-corrected chi connectivity index (χ1v) is 9.28. The third-order valence-electron chi connectivity index (χ3n) is 4.45. The van der Waals surface area contributed by atoms with Crippen molar-refractivity contribution in [2.75, 3.05) is 12.4 Å². The summed E-state index contributed by atoms with van der Waals surface area (Å²) >= 11 is 3.56. The zero-order valence-electron chi connectivity index (χ0n) is 14.9. The molecule has 4 rings (SSSR count). The van der Waals surface area contributed by atoms with Crippen molar-refractivity contribution in [3.63, 3.8) is 0 Å². The lowest BCUT2D eigenvalue weighted by atomic mass is 10.0. The molecule has 0 saturated heterocycles. The number of ether oxygens (including phenoxy) is 2. The molecule has 9 heteroatoms. The van der Waals surface area contributed by atoms with E-state index in [9.17, 15) is 9.18 Å². The quantitative estimate of drug-likeness (QED) is 0.646. The van der Waals surface area contributed by atoms with Crippen LogP contribution in [0.2, 0.25) is 0 Å². The topological polar surface area (TPSA) is 78.3 Å². The third kappa shape index (κ3) is 3.57. The third-order valence-corrected chi connectivity index (χ3v) is 5.13. The lowest BCUT2D eigenvalue weighted by Gasteiger charge is -2.25. The molecule has 1 unspecified atom stereocenters. The molecule has 1 atom stereocenters. The lowest BCUT2D eigenvalue weighted by Crippen LogP contribution is -2.29. The number of fused-ring (bicyclic) bond motifs is 1. The van der Waals surface area contributed by atoms with Gasteiger partial charge in [-0.25, -0.2) is 9.07 Å². The van der Waals surface area contributed by atoms with Gasteiger partial charge in [0.05, 0.1) is 19.6 Å². The van der Waals surface area contributed by atoms with Crippen molar-refractivity contribution in [1.82, 2.24) is 14.8 Å². The Bertz CT molecular complexity index is 1020. The standard InChI is InChI=1S/C19H16BrFN4O3/c1-27-16-6-13(15-8-18(26)24-19-22-10-23-25(15)19)14(20)7-17(16)28-9-11-2-4-12(21)5-3-11/h2-7,10,15H,8-9H2,1H3,(H,22,23,24,26). The number of nitrogens with one attached hydrogen (secondary N) is 1. The van der Waals surface area contributed by atoms with Gasteiger partial charge in [0.2, 0.25) is 11.9 Å². The molecule has 0 spiro atoms. The average molecular weight is 447 g/mol. The van der Waals surface area contributed by atoms with Crippen LogP contribution in [0, 0.1) is 5.82 Å². The van der Waals surface area contributed by atoms with Crippen molar-refractivity contribution in [2.24, 2.45) is 0 Å². The second-order valence-corrected chi connectivity index (χ2v) is 7.09. The molecule has 1 aromatic heterocycles. The van der Waals surface area contributed by atoms with Crippen LogP contribution in [0.3, 0.4) is 0 Å². The number of benzene rings is 2. The molecule has 2 aromatic carbocycles. The summed E-state index contributed by atoms with van der Waals surface area (Å²) in [6.45, 7) is 0.265. The minimum atomic E-state index is -0.319. The predicted molar refractivity (Wildman–Crippen MR) is 103 cm³/mol. The average Bonchev–Trinajstić information content (AvgIpc) is 3.15. The molecular weight excluding hydrogens is 431 g/mol. The van der Waals surface area contributed by atoms with Crippen LogP contribution in [0.4, 0.5) is 10.3 Å². The van der Waals surface area contributed by atoms with E-state index in [0.29, 0.717) is 17.4 Å². The molecule has 0 saturated carbocycles. The SMILES string of the molecule is COc1cc(C2CC(=O)Nc3ncnn32)c(Br)cc1OCc1ccc(F)cc1. The molecule has 7 nitrogen and oxygen atoms in total. The van der Waals surface area contributed by atoms with E-state index < -0.39 is 0 Å². The van der Waals surface area contributed by atoms with Gasteiger partial charge in [-0.3, -0.25) is 10.1 Å². The molecule has 1 aliphatic heterocycles. The van der Waals surface area contributed by atoms with Crippen molar-refractivity contribution >= 4 is 27.8 Å². The van der Waals surface area contributed by atoms with Crippen LogP contribution in [-0.2, 0) is 11.4 Å². The molecule has 28 heavy (non-hydrogen) atoms. The fourth-order valence-corrected chi connectivity index (χ4v) is 3.65. The number of halogens is 2. The van der Waals surface area contributed by atoms with Crippen LogP contribution in [0.15, 0.2) is 47.2 Å². The molecule has 1 amide bonds. The van der Waals surface area contributed by atoms with E-state index in [2.05, 4.69) is 31.3 Å². The summed E-state index contributed by atoms with van der Waals surface area (Å²) in [5, 5.41) is 6.91. The van der Waals surface area contributed by atoms with Gasteiger partial charge in [0, 0.05) is 4.47 Å². The van der Waals surface area contributed by atoms with Crippen LogP contribution in [-0.4, -0.2) is 27.8 Å². The van der Waals surface area contributed by atoms with E-state index in [1.807, 2.05) is 6.07 Å². The Labute approximate surface area is 168 Å². The monoisotopic (exact) mass is 446 g/mol. The number of anilines is 1. The van der Waals surface area contributed by atoms with Gasteiger partial charge in [0.15, 0.2) is 11.5 Å². The molecule has 1 N–H and O–H groups in total. The molecule has 1 aliphatic rings. The predicted octanol–water partition coefficient (Wildman–Crippen LogP) is 3.70. The number of carbonyl (C=O) groups is 1. The van der Waals surface area contributed by atoms with Crippen molar-refractivity contribution in [3.8, 4) is 11.5 Å². The van der Waals surface area contributed by atoms with Gasteiger partial charge in [0.1, 0.15) is 18.8 Å². The molecule has 144 valence electrons. The number of amides is 1. The molecule has 3 aromatic rings. The van der Waals surface area contributed by atoms with Crippen molar-refractivity contribution in [1.29, 1.82) is 0 Å². The number of methoxy groups -OCH3 is 1. The maximum absolute atomic E-state index is 13.0. The van der Waals surface area contributed by atoms with E-state index in [1.165, 1.54) is 18.5 Å². The summed E-state index contributed by atoms with van der Waals surface area (Å²) in [5.74, 6) is 1.03. The van der Waals surface area contributed by atoms with Crippen molar-refractivity contribution in [2.45, 2.75) is 19.1 Å². The van der Waals surface area contributed by atoms with E-state index >= 15 is 0 Å². The van der Waals surface area contributed by atoms with E-state index in [4.69, 9.17) is 9.47 Å². The number of hydrogen-bond acceptors (Lipinski definition) is 5. The molecule has 0 bridgehead atoms. The first-order chi connectivity index (χ1) is 13.5. The number of carbonyl (C=O) groups excluding carboxylic acids is 1. The largest absolute Gasteiger partial charge is 0.493 e. The summed E-state index contributed by atoms with van der Waals surface area (Å²) in [6.07, 6.45) is 1.63. The number of nitrogens with zero attached hydrogens (tertiary/aromatic N) is 3. The van der Waals surface area contributed by atoms with E-state index in [0.717, 1.165) is 15.6 Å². The Kier molecular flexibility index (Phi) is 4.99. The van der Waals surface area contributed by atoms with E-state index in [-0.39, 0.29) is 30.8 Å². The molecule has 0 aliphatic carbocycles. The first kappa shape index (κ1) is 18.4. The summed E-state index contributed by atoms with van der Waals surface area (Å²) in [7, 11) is 1.55. The highest BCUT2D eigenvalue weighted by Gasteiger charge is 2.30. The zero-order valence-corrected chi connectivity index (χ0v) is 16.4. The van der Waals surface area contributed by atoms with Gasteiger partial charge < -0.3 is 9.47 Å². The summed E-state index contributed by atoms with van der Waals surface area (Å²) in [4.78, 5) is 16.1. The van der Waals surface area contributed by atoms with Gasteiger partial charge in [0.25, 0.3) is 0 Å². The second kappa shape index (κ2) is 7.59. The van der Waals surface area contributed by atoms with Crippen LogP contribution < -0.4 is 14.8 Å². The van der Waals surface area contributed by atoms with Crippen LogP contribution in [0.25, 0.3) is 0 Å². The summed E-state index contributed by atoms with van der Waals surface area (Å²) in [6, 6.07) is 9.40. The fraction of sp³-hybridized carbons (Fsp3) is 0.211. The summed E-state index contributed by atoms with van der Waals surface area (Å²) < 4.78 is 26.8. The minimum absolute atomic E-state index is 0.131. The maximum atomic E-state index is 13.0. The molecular formula is C19H16BrFN4O3. The Morgan fingerprint density at radius 3 is 2.82 bits per heavy atom.